The van der Waals surface area contributed by atoms with Crippen molar-refractivity contribution in [3.05, 3.63) is 220 Å². The van der Waals surface area contributed by atoms with E-state index in [0.29, 0.717) is 22.5 Å². The fourth-order valence-electron chi connectivity index (χ4n) is 7.39. The van der Waals surface area contributed by atoms with Crippen molar-refractivity contribution in [3.8, 4) is 34.2 Å². The molecule has 6 aromatic carbocycles. The largest absolute Gasteiger partial charge is 0.208 e. The van der Waals surface area contributed by atoms with E-state index in [9.17, 15) is 0 Å². The minimum Gasteiger partial charge on any atom is -0.208 e. The maximum atomic E-state index is 6.82. The standard InChI is InChI=1S/C48H36ClN3/c1-33(18-17-29-43-34(2)42-27-15-16-28-44(42)48(43,39-23-11-5-12-24-39)40-25-13-6-14-26-40)37-30-38(32-41(49)31-37)47-51-45(35-19-7-3-8-20-35)50-46(52-47)36-21-9-4-10-22-36/h3-32H,1-2H3/b29-17-,33-18+. The molecule has 0 aliphatic heterocycles. The molecule has 0 atom stereocenters. The van der Waals surface area contributed by atoms with E-state index in [4.69, 9.17) is 26.6 Å². The fraction of sp³-hybridized carbons (Fsp3) is 0.0625. The first-order chi connectivity index (χ1) is 25.5. The molecule has 1 aromatic heterocycles. The van der Waals surface area contributed by atoms with Gasteiger partial charge in [-0.15, -0.1) is 0 Å². The average Bonchev–Trinajstić information content (AvgIpc) is 3.46. The third-order valence-electron chi connectivity index (χ3n) is 9.88. The van der Waals surface area contributed by atoms with Crippen molar-refractivity contribution >= 4 is 22.7 Å². The molecule has 1 heterocycles. The maximum Gasteiger partial charge on any atom is 0.164 e. The third kappa shape index (κ3) is 6.10. The topological polar surface area (TPSA) is 38.7 Å². The molecule has 0 saturated carbocycles. The molecule has 0 fully saturated rings. The molecule has 1 aliphatic rings. The predicted octanol–water partition coefficient (Wildman–Crippen LogP) is 12.3. The van der Waals surface area contributed by atoms with Gasteiger partial charge < -0.3 is 0 Å². The number of halogens is 1. The lowest BCUT2D eigenvalue weighted by Crippen LogP contribution is -2.29. The Balaban J connectivity index is 1.20. The van der Waals surface area contributed by atoms with Crippen LogP contribution in [0, 0.1) is 0 Å². The maximum absolute atomic E-state index is 6.82. The van der Waals surface area contributed by atoms with Crippen LogP contribution in [0.25, 0.3) is 45.3 Å². The summed E-state index contributed by atoms with van der Waals surface area (Å²) in [6, 6.07) is 56.5. The van der Waals surface area contributed by atoms with E-state index >= 15 is 0 Å². The quantitative estimate of drug-likeness (QED) is 0.149. The van der Waals surface area contributed by atoms with Gasteiger partial charge in [0, 0.05) is 21.7 Å². The molecular formula is C48H36ClN3. The second-order valence-electron chi connectivity index (χ2n) is 13.0. The van der Waals surface area contributed by atoms with Gasteiger partial charge in [0.2, 0.25) is 0 Å². The molecule has 250 valence electrons. The van der Waals surface area contributed by atoms with Crippen LogP contribution in [0.5, 0.6) is 0 Å². The highest BCUT2D eigenvalue weighted by molar-refractivity contribution is 6.31. The van der Waals surface area contributed by atoms with Crippen molar-refractivity contribution < 1.29 is 0 Å². The van der Waals surface area contributed by atoms with Gasteiger partial charge in [0.05, 0.1) is 5.41 Å². The Hall–Kier alpha value is -6.16. The van der Waals surface area contributed by atoms with Crippen LogP contribution in [0.3, 0.4) is 0 Å². The van der Waals surface area contributed by atoms with Gasteiger partial charge in [-0.25, -0.2) is 15.0 Å². The lowest BCUT2D eigenvalue weighted by atomic mass is 9.67. The molecular weight excluding hydrogens is 654 g/mol. The second kappa shape index (κ2) is 14.2. The molecule has 0 saturated heterocycles. The molecule has 4 heteroatoms. The van der Waals surface area contributed by atoms with Crippen LogP contribution >= 0.6 is 11.6 Å². The van der Waals surface area contributed by atoms with E-state index in [1.807, 2.05) is 72.8 Å². The van der Waals surface area contributed by atoms with E-state index in [2.05, 4.69) is 123 Å². The minimum absolute atomic E-state index is 0.448. The zero-order valence-electron chi connectivity index (χ0n) is 29.0. The fourth-order valence-corrected chi connectivity index (χ4v) is 7.63. The number of rotatable bonds is 8. The summed E-state index contributed by atoms with van der Waals surface area (Å²) < 4.78 is 0. The Kier molecular flexibility index (Phi) is 9.03. The molecule has 0 unspecified atom stereocenters. The molecule has 7 aromatic rings. The average molecular weight is 690 g/mol. The van der Waals surface area contributed by atoms with Gasteiger partial charge >= 0.3 is 0 Å². The van der Waals surface area contributed by atoms with Gasteiger partial charge in [-0.1, -0.05) is 175 Å². The molecule has 0 amide bonds. The normalized spacial score (nSPS) is 13.8. The molecule has 3 nitrogen and oxygen atoms in total. The summed E-state index contributed by atoms with van der Waals surface area (Å²) in [5.74, 6) is 1.80. The summed E-state index contributed by atoms with van der Waals surface area (Å²) in [6.07, 6.45) is 6.62. The van der Waals surface area contributed by atoms with Gasteiger partial charge in [0.15, 0.2) is 17.5 Å². The number of hydrogen-bond acceptors (Lipinski definition) is 3. The SMILES string of the molecule is CC1=C(/C=C\C=C(/C)c2cc(Cl)cc(-c3nc(-c4ccccc4)nc(-c4ccccc4)n3)c2)C(c2ccccc2)(c2ccccc2)c2ccccc21. The summed E-state index contributed by atoms with van der Waals surface area (Å²) in [5.41, 5.74) is 11.9. The first-order valence-electron chi connectivity index (χ1n) is 17.5. The van der Waals surface area contributed by atoms with Gasteiger partial charge in [-0.3, -0.25) is 0 Å². The van der Waals surface area contributed by atoms with Gasteiger partial charge in [0.25, 0.3) is 0 Å². The Morgan fingerprint density at radius 1 is 0.558 bits per heavy atom. The number of fused-ring (bicyclic) bond motifs is 1. The molecule has 8 rings (SSSR count). The van der Waals surface area contributed by atoms with Crippen LogP contribution in [-0.4, -0.2) is 15.0 Å². The Labute approximate surface area is 310 Å². The third-order valence-corrected chi connectivity index (χ3v) is 10.1. The molecule has 0 radical (unpaired) electrons. The van der Waals surface area contributed by atoms with Crippen LogP contribution in [0.1, 0.15) is 41.7 Å². The van der Waals surface area contributed by atoms with E-state index < -0.39 is 5.41 Å². The minimum atomic E-state index is -0.448. The van der Waals surface area contributed by atoms with E-state index in [1.54, 1.807) is 0 Å². The predicted molar refractivity (Wildman–Crippen MR) is 216 cm³/mol. The van der Waals surface area contributed by atoms with Crippen molar-refractivity contribution in [3.63, 3.8) is 0 Å². The Bertz CT molecular complexity index is 2370. The van der Waals surface area contributed by atoms with E-state index in [1.165, 1.54) is 33.4 Å². The molecule has 0 N–H and O–H groups in total. The number of hydrogen-bond donors (Lipinski definition) is 0. The molecule has 0 bridgehead atoms. The number of benzene rings is 6. The first-order valence-corrected chi connectivity index (χ1v) is 17.9. The summed E-state index contributed by atoms with van der Waals surface area (Å²) in [7, 11) is 0. The molecule has 1 aliphatic carbocycles. The van der Waals surface area contributed by atoms with Crippen molar-refractivity contribution in [2.24, 2.45) is 0 Å². The first kappa shape index (κ1) is 33.0. The van der Waals surface area contributed by atoms with Crippen molar-refractivity contribution in [1.82, 2.24) is 15.0 Å². The Morgan fingerprint density at radius 2 is 1.04 bits per heavy atom. The Morgan fingerprint density at radius 3 is 1.60 bits per heavy atom. The lowest BCUT2D eigenvalue weighted by Gasteiger charge is -2.34. The monoisotopic (exact) mass is 689 g/mol. The van der Waals surface area contributed by atoms with Crippen LogP contribution in [0.4, 0.5) is 0 Å². The molecule has 52 heavy (non-hydrogen) atoms. The van der Waals surface area contributed by atoms with Crippen LogP contribution in [-0.2, 0) is 5.41 Å². The summed E-state index contributed by atoms with van der Waals surface area (Å²) in [5, 5.41) is 0.615. The lowest BCUT2D eigenvalue weighted by molar-refractivity contribution is 0.761. The van der Waals surface area contributed by atoms with Gasteiger partial charge in [-0.2, -0.15) is 0 Å². The molecule has 0 spiro atoms. The van der Waals surface area contributed by atoms with Crippen molar-refractivity contribution in [1.29, 1.82) is 0 Å². The highest BCUT2D eigenvalue weighted by atomic mass is 35.5. The van der Waals surface area contributed by atoms with E-state index in [0.717, 1.165) is 27.8 Å². The van der Waals surface area contributed by atoms with Crippen LogP contribution in [0.2, 0.25) is 5.02 Å². The van der Waals surface area contributed by atoms with Crippen molar-refractivity contribution in [2.75, 3.05) is 0 Å². The van der Waals surface area contributed by atoms with Crippen molar-refractivity contribution in [2.45, 2.75) is 19.3 Å². The zero-order valence-corrected chi connectivity index (χ0v) is 29.8. The number of aromatic nitrogens is 3. The van der Waals surface area contributed by atoms with Gasteiger partial charge in [-0.05, 0) is 76.6 Å². The zero-order chi connectivity index (χ0) is 35.5. The summed E-state index contributed by atoms with van der Waals surface area (Å²) in [6.45, 7) is 4.36. The highest BCUT2D eigenvalue weighted by Gasteiger charge is 2.45. The number of nitrogens with zero attached hydrogens (tertiary/aromatic N) is 3. The summed E-state index contributed by atoms with van der Waals surface area (Å²) >= 11 is 6.82. The van der Waals surface area contributed by atoms with Crippen LogP contribution in [0.15, 0.2) is 188 Å². The van der Waals surface area contributed by atoms with Gasteiger partial charge in [0.1, 0.15) is 0 Å². The second-order valence-corrected chi connectivity index (χ2v) is 13.5. The highest BCUT2D eigenvalue weighted by Crippen LogP contribution is 2.54. The smallest absolute Gasteiger partial charge is 0.164 e. The summed E-state index contributed by atoms with van der Waals surface area (Å²) in [4.78, 5) is 14.7. The van der Waals surface area contributed by atoms with E-state index in [-0.39, 0.29) is 0 Å². The van der Waals surface area contributed by atoms with Crippen LogP contribution < -0.4 is 0 Å². The number of allylic oxidation sites excluding steroid dienone is 6.